The van der Waals surface area contributed by atoms with Gasteiger partial charge in [0.05, 0.1) is 5.69 Å². The number of anilines is 2. The Morgan fingerprint density at radius 3 is 2.53 bits per heavy atom. The van der Waals surface area contributed by atoms with E-state index in [1.165, 1.54) is 43.4 Å². The molecular formula is C15H24N4. The van der Waals surface area contributed by atoms with E-state index in [2.05, 4.69) is 23.7 Å². The number of aryl methyl sites for hydroxylation is 1. The molecule has 2 heterocycles. The summed E-state index contributed by atoms with van der Waals surface area (Å²) in [4.78, 5) is 11.7. The smallest absolute Gasteiger partial charge is 0.227 e. The Morgan fingerprint density at radius 2 is 1.79 bits per heavy atom. The molecule has 2 aliphatic rings. The van der Waals surface area contributed by atoms with Crippen LogP contribution in [0.15, 0.2) is 0 Å². The van der Waals surface area contributed by atoms with E-state index in [0.717, 1.165) is 25.5 Å². The first-order chi connectivity index (χ1) is 9.08. The fraction of sp³-hybridized carbons (Fsp3) is 0.733. The molecule has 0 bridgehead atoms. The lowest BCUT2D eigenvalue weighted by Gasteiger charge is -2.34. The fourth-order valence-corrected chi connectivity index (χ4v) is 3.49. The van der Waals surface area contributed by atoms with Crippen molar-refractivity contribution in [3.63, 3.8) is 0 Å². The van der Waals surface area contributed by atoms with Gasteiger partial charge < -0.3 is 10.6 Å². The second kappa shape index (κ2) is 4.66. The Balaban J connectivity index is 1.99. The maximum Gasteiger partial charge on any atom is 0.227 e. The van der Waals surface area contributed by atoms with Crippen molar-refractivity contribution in [3.8, 4) is 0 Å². The summed E-state index contributed by atoms with van der Waals surface area (Å²) >= 11 is 0. The number of piperidine rings is 1. The summed E-state index contributed by atoms with van der Waals surface area (Å²) in [6, 6.07) is 0. The van der Waals surface area contributed by atoms with Crippen molar-refractivity contribution >= 4 is 11.8 Å². The van der Waals surface area contributed by atoms with Crippen LogP contribution in [0.25, 0.3) is 0 Å². The molecule has 1 aliphatic heterocycles. The molecular weight excluding hydrogens is 236 g/mol. The van der Waals surface area contributed by atoms with Crippen LogP contribution in [0, 0.1) is 0 Å². The number of rotatable bonds is 1. The lowest BCUT2D eigenvalue weighted by Crippen LogP contribution is -2.33. The van der Waals surface area contributed by atoms with Gasteiger partial charge in [0.2, 0.25) is 5.95 Å². The van der Waals surface area contributed by atoms with Gasteiger partial charge in [-0.1, -0.05) is 13.8 Å². The van der Waals surface area contributed by atoms with E-state index in [9.17, 15) is 0 Å². The predicted molar refractivity (Wildman–Crippen MR) is 78.5 cm³/mol. The first kappa shape index (κ1) is 12.7. The second-order valence-electron chi connectivity index (χ2n) is 6.52. The molecule has 2 N–H and O–H groups in total. The van der Waals surface area contributed by atoms with Crippen LogP contribution in [0.1, 0.15) is 57.2 Å². The van der Waals surface area contributed by atoms with Crippen molar-refractivity contribution in [3.05, 3.63) is 11.3 Å². The molecule has 0 unspecified atom stereocenters. The molecule has 4 heteroatoms. The summed E-state index contributed by atoms with van der Waals surface area (Å²) in [5.74, 6) is 1.56. The van der Waals surface area contributed by atoms with Crippen LogP contribution in [0.3, 0.4) is 0 Å². The highest BCUT2D eigenvalue weighted by Crippen LogP contribution is 2.39. The molecule has 1 aliphatic carbocycles. The van der Waals surface area contributed by atoms with Crippen LogP contribution in [-0.4, -0.2) is 23.1 Å². The fourth-order valence-electron chi connectivity index (χ4n) is 3.49. The van der Waals surface area contributed by atoms with Gasteiger partial charge >= 0.3 is 0 Å². The van der Waals surface area contributed by atoms with E-state index in [4.69, 9.17) is 10.7 Å². The van der Waals surface area contributed by atoms with Gasteiger partial charge in [-0.3, -0.25) is 0 Å². The summed E-state index contributed by atoms with van der Waals surface area (Å²) in [6.45, 7) is 6.65. The lowest BCUT2D eigenvalue weighted by molar-refractivity contribution is 0.425. The van der Waals surface area contributed by atoms with Crippen LogP contribution in [0.2, 0.25) is 0 Å². The maximum absolute atomic E-state index is 6.25. The average molecular weight is 260 g/mol. The summed E-state index contributed by atoms with van der Waals surface area (Å²) in [7, 11) is 0. The minimum Gasteiger partial charge on any atom is -0.383 e. The van der Waals surface area contributed by atoms with Gasteiger partial charge in [0, 0.05) is 18.7 Å². The molecule has 0 atom stereocenters. The zero-order valence-corrected chi connectivity index (χ0v) is 12.1. The third kappa shape index (κ3) is 2.28. The van der Waals surface area contributed by atoms with Gasteiger partial charge in [0.15, 0.2) is 0 Å². The van der Waals surface area contributed by atoms with E-state index in [-0.39, 0.29) is 5.41 Å². The molecule has 1 saturated heterocycles. The third-order valence-electron chi connectivity index (χ3n) is 4.53. The first-order valence-corrected chi connectivity index (χ1v) is 7.50. The number of nitrogens with zero attached hydrogens (tertiary/aromatic N) is 3. The Bertz CT molecular complexity index is 475. The second-order valence-corrected chi connectivity index (χ2v) is 6.52. The minimum atomic E-state index is 0.123. The van der Waals surface area contributed by atoms with Crippen molar-refractivity contribution in [1.82, 2.24) is 9.97 Å². The van der Waals surface area contributed by atoms with E-state index in [0.29, 0.717) is 5.82 Å². The van der Waals surface area contributed by atoms with Gasteiger partial charge in [-0.15, -0.1) is 0 Å². The van der Waals surface area contributed by atoms with E-state index in [1.54, 1.807) is 0 Å². The predicted octanol–water partition coefficient (Wildman–Crippen LogP) is 2.66. The normalized spacial score (nSPS) is 22.1. The Labute approximate surface area is 115 Å². The van der Waals surface area contributed by atoms with E-state index in [1.807, 2.05) is 0 Å². The SMILES string of the molecule is CC1(C)CCCc2nc(N3CCCCC3)nc(N)c21. The van der Waals surface area contributed by atoms with Gasteiger partial charge in [0.1, 0.15) is 5.82 Å². The Morgan fingerprint density at radius 1 is 1.05 bits per heavy atom. The highest BCUT2D eigenvalue weighted by atomic mass is 15.3. The number of nitrogen functional groups attached to an aromatic ring is 1. The van der Waals surface area contributed by atoms with Gasteiger partial charge in [0.25, 0.3) is 0 Å². The summed E-state index contributed by atoms with van der Waals surface area (Å²) in [6.07, 6.45) is 7.24. The van der Waals surface area contributed by atoms with Crippen molar-refractivity contribution in [2.45, 2.75) is 57.8 Å². The summed E-state index contributed by atoms with van der Waals surface area (Å²) < 4.78 is 0. The maximum atomic E-state index is 6.25. The Hall–Kier alpha value is -1.32. The molecule has 0 aromatic carbocycles. The molecule has 0 saturated carbocycles. The van der Waals surface area contributed by atoms with Crippen LogP contribution in [0.5, 0.6) is 0 Å². The van der Waals surface area contributed by atoms with Gasteiger partial charge in [-0.05, 0) is 43.9 Å². The molecule has 1 aromatic rings. The number of aromatic nitrogens is 2. The topological polar surface area (TPSA) is 55.0 Å². The highest BCUT2D eigenvalue weighted by molar-refractivity contribution is 5.52. The van der Waals surface area contributed by atoms with Gasteiger partial charge in [-0.2, -0.15) is 4.98 Å². The van der Waals surface area contributed by atoms with Crippen LogP contribution in [0.4, 0.5) is 11.8 Å². The first-order valence-electron chi connectivity index (χ1n) is 7.50. The zero-order valence-electron chi connectivity index (χ0n) is 12.1. The van der Waals surface area contributed by atoms with E-state index >= 15 is 0 Å². The standard InChI is InChI=1S/C15H24N4/c1-15(2)8-6-7-11-12(15)13(16)18-14(17-11)19-9-4-3-5-10-19/h3-10H2,1-2H3,(H2,16,17,18). The molecule has 1 aromatic heterocycles. The molecule has 4 nitrogen and oxygen atoms in total. The highest BCUT2D eigenvalue weighted by Gasteiger charge is 2.32. The number of hydrogen-bond acceptors (Lipinski definition) is 4. The number of fused-ring (bicyclic) bond motifs is 1. The molecule has 0 amide bonds. The zero-order chi connectivity index (χ0) is 13.5. The molecule has 0 spiro atoms. The molecule has 0 radical (unpaired) electrons. The molecule has 104 valence electrons. The summed E-state index contributed by atoms with van der Waals surface area (Å²) in [5, 5.41) is 0. The van der Waals surface area contributed by atoms with Crippen LogP contribution in [-0.2, 0) is 11.8 Å². The van der Waals surface area contributed by atoms with Crippen molar-refractivity contribution in [2.75, 3.05) is 23.7 Å². The molecule has 1 fully saturated rings. The van der Waals surface area contributed by atoms with Crippen LogP contribution < -0.4 is 10.6 Å². The monoisotopic (exact) mass is 260 g/mol. The third-order valence-corrected chi connectivity index (χ3v) is 4.53. The van der Waals surface area contributed by atoms with Gasteiger partial charge in [-0.25, -0.2) is 4.98 Å². The lowest BCUT2D eigenvalue weighted by atomic mass is 9.74. The van der Waals surface area contributed by atoms with Crippen molar-refractivity contribution in [1.29, 1.82) is 0 Å². The van der Waals surface area contributed by atoms with Crippen LogP contribution >= 0.6 is 0 Å². The van der Waals surface area contributed by atoms with E-state index < -0.39 is 0 Å². The largest absolute Gasteiger partial charge is 0.383 e. The number of nitrogens with two attached hydrogens (primary N) is 1. The quantitative estimate of drug-likeness (QED) is 0.843. The summed E-state index contributed by atoms with van der Waals surface area (Å²) in [5.41, 5.74) is 8.75. The van der Waals surface area contributed by atoms with Crippen molar-refractivity contribution in [2.24, 2.45) is 0 Å². The molecule has 3 rings (SSSR count). The Kier molecular flexibility index (Phi) is 3.11. The minimum absolute atomic E-state index is 0.123. The average Bonchev–Trinajstić information content (AvgIpc) is 2.38. The van der Waals surface area contributed by atoms with Crippen molar-refractivity contribution < 1.29 is 0 Å². The molecule has 19 heavy (non-hydrogen) atoms. The number of hydrogen-bond donors (Lipinski definition) is 1.